The Morgan fingerprint density at radius 2 is 2.24 bits per heavy atom. The second-order valence-electron chi connectivity index (χ2n) is 3.40. The maximum atomic E-state index is 11.7. The summed E-state index contributed by atoms with van der Waals surface area (Å²) in [6.45, 7) is 2.10. The van der Waals surface area contributed by atoms with Crippen molar-refractivity contribution in [2.24, 2.45) is 0 Å². The van der Waals surface area contributed by atoms with Crippen LogP contribution in [0.5, 0.6) is 0 Å². The number of benzene rings is 1. The number of hydrogen-bond donors (Lipinski definition) is 0. The molecule has 90 valence electrons. The van der Waals surface area contributed by atoms with Crippen LogP contribution in [0.3, 0.4) is 0 Å². The SMILES string of the molecule is CCOC(=O)c1oc2ccc(Br)cc2c1CBr. The van der Waals surface area contributed by atoms with Crippen molar-refractivity contribution in [2.45, 2.75) is 12.3 Å². The van der Waals surface area contributed by atoms with Crippen molar-refractivity contribution in [3.05, 3.63) is 34.0 Å². The third kappa shape index (κ3) is 2.40. The molecular weight excluding hydrogens is 352 g/mol. The zero-order chi connectivity index (χ0) is 12.4. The van der Waals surface area contributed by atoms with Crippen LogP contribution in [0.25, 0.3) is 11.0 Å². The summed E-state index contributed by atoms with van der Waals surface area (Å²) in [4.78, 5) is 11.7. The minimum Gasteiger partial charge on any atom is -0.460 e. The van der Waals surface area contributed by atoms with Gasteiger partial charge < -0.3 is 9.15 Å². The molecule has 1 aromatic heterocycles. The summed E-state index contributed by atoms with van der Waals surface area (Å²) >= 11 is 6.77. The van der Waals surface area contributed by atoms with Crippen molar-refractivity contribution in [2.75, 3.05) is 6.61 Å². The molecule has 0 aliphatic carbocycles. The summed E-state index contributed by atoms with van der Waals surface area (Å²) in [6.07, 6.45) is 0. The third-order valence-electron chi connectivity index (χ3n) is 2.35. The maximum absolute atomic E-state index is 11.7. The molecule has 0 bridgehead atoms. The van der Waals surface area contributed by atoms with Gasteiger partial charge in [-0.3, -0.25) is 0 Å². The van der Waals surface area contributed by atoms with Gasteiger partial charge in [-0.25, -0.2) is 4.79 Å². The number of fused-ring (bicyclic) bond motifs is 1. The fourth-order valence-corrected chi connectivity index (χ4v) is 2.53. The molecular formula is C12H10Br2O3. The van der Waals surface area contributed by atoms with Gasteiger partial charge in [-0.15, -0.1) is 0 Å². The van der Waals surface area contributed by atoms with Crippen LogP contribution in [0.2, 0.25) is 0 Å². The molecule has 0 atom stereocenters. The predicted molar refractivity (Wildman–Crippen MR) is 72.5 cm³/mol. The van der Waals surface area contributed by atoms with E-state index in [-0.39, 0.29) is 5.76 Å². The van der Waals surface area contributed by atoms with Crippen LogP contribution in [-0.2, 0) is 10.1 Å². The van der Waals surface area contributed by atoms with Gasteiger partial charge in [0.15, 0.2) is 0 Å². The number of carbonyl (C=O) groups excluding carboxylic acids is 1. The Hall–Kier alpha value is -0.810. The van der Waals surface area contributed by atoms with Crippen molar-refractivity contribution >= 4 is 48.8 Å². The third-order valence-corrected chi connectivity index (χ3v) is 3.40. The van der Waals surface area contributed by atoms with Gasteiger partial charge in [-0.1, -0.05) is 31.9 Å². The fraction of sp³-hybridized carbons (Fsp3) is 0.250. The highest BCUT2D eigenvalue weighted by Gasteiger charge is 2.20. The lowest BCUT2D eigenvalue weighted by atomic mass is 10.1. The van der Waals surface area contributed by atoms with Crippen LogP contribution in [0.15, 0.2) is 27.1 Å². The molecule has 1 aromatic carbocycles. The van der Waals surface area contributed by atoms with Crippen LogP contribution in [0.4, 0.5) is 0 Å². The van der Waals surface area contributed by atoms with Crippen molar-refractivity contribution in [3.63, 3.8) is 0 Å². The maximum Gasteiger partial charge on any atom is 0.374 e. The summed E-state index contributed by atoms with van der Waals surface area (Å²) in [7, 11) is 0. The normalized spacial score (nSPS) is 10.8. The molecule has 5 heteroatoms. The minimum absolute atomic E-state index is 0.275. The molecule has 0 spiro atoms. The van der Waals surface area contributed by atoms with E-state index in [9.17, 15) is 4.79 Å². The Morgan fingerprint density at radius 1 is 1.47 bits per heavy atom. The Kier molecular flexibility index (Phi) is 3.89. The van der Waals surface area contributed by atoms with E-state index in [0.29, 0.717) is 17.5 Å². The molecule has 0 aliphatic heterocycles. The number of rotatable bonds is 3. The van der Waals surface area contributed by atoms with Gasteiger partial charge in [0.1, 0.15) is 5.58 Å². The van der Waals surface area contributed by atoms with Gasteiger partial charge in [-0.05, 0) is 25.1 Å². The first-order valence-electron chi connectivity index (χ1n) is 5.11. The second kappa shape index (κ2) is 5.23. The monoisotopic (exact) mass is 360 g/mol. The fourth-order valence-electron chi connectivity index (χ4n) is 1.62. The Bertz CT molecular complexity index is 560. The van der Waals surface area contributed by atoms with Gasteiger partial charge in [-0.2, -0.15) is 0 Å². The van der Waals surface area contributed by atoms with E-state index in [0.717, 1.165) is 15.4 Å². The highest BCUT2D eigenvalue weighted by Crippen LogP contribution is 2.30. The molecule has 3 nitrogen and oxygen atoms in total. The summed E-state index contributed by atoms with van der Waals surface area (Å²) in [6, 6.07) is 5.63. The van der Waals surface area contributed by atoms with Crippen molar-refractivity contribution < 1.29 is 13.9 Å². The molecule has 0 saturated heterocycles. The smallest absolute Gasteiger partial charge is 0.374 e. The van der Waals surface area contributed by atoms with Crippen molar-refractivity contribution in [1.82, 2.24) is 0 Å². The van der Waals surface area contributed by atoms with E-state index in [1.165, 1.54) is 0 Å². The lowest BCUT2D eigenvalue weighted by molar-refractivity contribution is 0.0491. The van der Waals surface area contributed by atoms with Crippen molar-refractivity contribution in [1.29, 1.82) is 0 Å². The first-order valence-corrected chi connectivity index (χ1v) is 7.02. The molecule has 0 saturated carbocycles. The van der Waals surface area contributed by atoms with Gasteiger partial charge in [0.25, 0.3) is 0 Å². The van der Waals surface area contributed by atoms with Gasteiger partial charge in [0.2, 0.25) is 5.76 Å². The summed E-state index contributed by atoms with van der Waals surface area (Å²) in [5, 5.41) is 1.46. The summed E-state index contributed by atoms with van der Waals surface area (Å²) < 4.78 is 11.4. The molecule has 0 aliphatic rings. The van der Waals surface area contributed by atoms with Gasteiger partial charge in [0, 0.05) is 20.8 Å². The molecule has 1 heterocycles. The predicted octanol–water partition coefficient (Wildman–Crippen LogP) is 4.27. The van der Waals surface area contributed by atoms with Crippen LogP contribution < -0.4 is 0 Å². The van der Waals surface area contributed by atoms with E-state index in [4.69, 9.17) is 9.15 Å². The first-order chi connectivity index (χ1) is 8.17. The highest BCUT2D eigenvalue weighted by molar-refractivity contribution is 9.10. The number of halogens is 2. The van der Waals surface area contributed by atoms with Crippen LogP contribution in [-0.4, -0.2) is 12.6 Å². The number of furan rings is 1. The molecule has 0 amide bonds. The van der Waals surface area contributed by atoms with Crippen LogP contribution >= 0.6 is 31.9 Å². The zero-order valence-electron chi connectivity index (χ0n) is 9.13. The Balaban J connectivity index is 2.60. The molecule has 0 unspecified atom stereocenters. The summed E-state index contributed by atoms with van der Waals surface area (Å²) in [5.41, 5.74) is 1.51. The molecule has 2 aromatic rings. The molecule has 17 heavy (non-hydrogen) atoms. The highest BCUT2D eigenvalue weighted by atomic mass is 79.9. The zero-order valence-corrected chi connectivity index (χ0v) is 12.3. The average Bonchev–Trinajstić information content (AvgIpc) is 2.67. The van der Waals surface area contributed by atoms with Crippen LogP contribution in [0, 0.1) is 0 Å². The lowest BCUT2D eigenvalue weighted by Gasteiger charge is -1.99. The van der Waals surface area contributed by atoms with E-state index in [2.05, 4.69) is 31.9 Å². The lowest BCUT2D eigenvalue weighted by Crippen LogP contribution is -2.05. The number of esters is 1. The van der Waals surface area contributed by atoms with E-state index >= 15 is 0 Å². The van der Waals surface area contributed by atoms with E-state index in [1.54, 1.807) is 6.92 Å². The molecule has 2 rings (SSSR count). The second-order valence-corrected chi connectivity index (χ2v) is 4.88. The minimum atomic E-state index is -0.422. The number of carbonyl (C=O) groups is 1. The Labute approximate surface area is 115 Å². The van der Waals surface area contributed by atoms with E-state index in [1.807, 2.05) is 18.2 Å². The van der Waals surface area contributed by atoms with Crippen LogP contribution in [0.1, 0.15) is 23.0 Å². The number of ether oxygens (including phenoxy) is 1. The molecule has 0 fully saturated rings. The quantitative estimate of drug-likeness (QED) is 0.605. The number of alkyl halides is 1. The standard InChI is InChI=1S/C12H10Br2O3/c1-2-16-12(15)11-9(6-13)8-5-7(14)3-4-10(8)17-11/h3-5H,2,6H2,1H3. The largest absolute Gasteiger partial charge is 0.460 e. The van der Waals surface area contributed by atoms with Gasteiger partial charge >= 0.3 is 5.97 Å². The topological polar surface area (TPSA) is 39.4 Å². The van der Waals surface area contributed by atoms with Gasteiger partial charge in [0.05, 0.1) is 6.61 Å². The average molecular weight is 362 g/mol. The summed E-state index contributed by atoms with van der Waals surface area (Å²) in [5.74, 6) is -0.147. The Morgan fingerprint density at radius 3 is 2.88 bits per heavy atom. The molecule has 0 radical (unpaired) electrons. The number of hydrogen-bond acceptors (Lipinski definition) is 3. The van der Waals surface area contributed by atoms with Crippen molar-refractivity contribution in [3.8, 4) is 0 Å². The molecule has 0 N–H and O–H groups in total. The first kappa shape index (κ1) is 12.6. The van der Waals surface area contributed by atoms with E-state index < -0.39 is 5.97 Å².